The molecule has 0 radical (unpaired) electrons. The van der Waals surface area contributed by atoms with Crippen LogP contribution >= 0.6 is 38.9 Å². The van der Waals surface area contributed by atoms with Gasteiger partial charge in [-0.1, -0.05) is 11.6 Å². The molecular weight excluding hydrogens is 270 g/mol. The van der Waals surface area contributed by atoms with E-state index in [0.29, 0.717) is 10.6 Å². The fourth-order valence-corrected chi connectivity index (χ4v) is 3.01. The summed E-state index contributed by atoms with van der Waals surface area (Å²) in [5.74, 6) is 0. The Kier molecular flexibility index (Phi) is 2.29. The fraction of sp³-hybridized carbons (Fsp3) is 0. The first kappa shape index (κ1) is 9.01. The topological polar surface area (TPSA) is 23.8 Å². The van der Waals surface area contributed by atoms with Gasteiger partial charge < -0.3 is 0 Å². The van der Waals surface area contributed by atoms with E-state index in [9.17, 15) is 0 Å². The van der Waals surface area contributed by atoms with Gasteiger partial charge in [-0.05, 0) is 34.1 Å². The normalized spacial score (nSPS) is 10.2. The van der Waals surface area contributed by atoms with Gasteiger partial charge in [0, 0.05) is 10.4 Å². The average Bonchev–Trinajstić information content (AvgIpc) is 2.48. The number of rotatable bonds is 0. The van der Waals surface area contributed by atoms with Crippen LogP contribution in [-0.2, 0) is 0 Å². The molecule has 1 aromatic heterocycles. The van der Waals surface area contributed by atoms with Crippen LogP contribution in [-0.4, -0.2) is 0 Å². The van der Waals surface area contributed by atoms with E-state index in [1.54, 1.807) is 12.1 Å². The van der Waals surface area contributed by atoms with Crippen LogP contribution in [0.4, 0.5) is 0 Å². The maximum atomic E-state index is 8.83. The zero-order chi connectivity index (χ0) is 9.42. The van der Waals surface area contributed by atoms with Gasteiger partial charge in [-0.15, -0.1) is 11.3 Å². The van der Waals surface area contributed by atoms with E-state index >= 15 is 0 Å². The van der Waals surface area contributed by atoms with Gasteiger partial charge in [-0.2, -0.15) is 5.26 Å². The van der Waals surface area contributed by atoms with Crippen molar-refractivity contribution >= 4 is 49.0 Å². The second kappa shape index (κ2) is 3.30. The highest BCUT2D eigenvalue weighted by Crippen LogP contribution is 2.36. The second-order valence-electron chi connectivity index (χ2n) is 2.50. The molecule has 0 aliphatic rings. The quantitative estimate of drug-likeness (QED) is 0.705. The van der Waals surface area contributed by atoms with Crippen LogP contribution in [0.25, 0.3) is 10.1 Å². The van der Waals surface area contributed by atoms with Crippen LogP contribution in [0, 0.1) is 11.3 Å². The number of nitriles is 1. The Morgan fingerprint density at radius 2 is 2.23 bits per heavy atom. The third-order valence-electron chi connectivity index (χ3n) is 1.72. The molecule has 13 heavy (non-hydrogen) atoms. The summed E-state index contributed by atoms with van der Waals surface area (Å²) in [6.45, 7) is 0. The molecule has 0 aliphatic heterocycles. The fourth-order valence-electron chi connectivity index (χ4n) is 1.15. The van der Waals surface area contributed by atoms with E-state index in [1.165, 1.54) is 11.3 Å². The summed E-state index contributed by atoms with van der Waals surface area (Å²) >= 11 is 10.9. The van der Waals surface area contributed by atoms with Gasteiger partial charge in [0.05, 0.1) is 14.0 Å². The molecule has 0 bridgehead atoms. The Balaban J connectivity index is 2.94. The number of thiophene rings is 1. The van der Waals surface area contributed by atoms with Crippen LogP contribution in [0.3, 0.4) is 0 Å². The third kappa shape index (κ3) is 1.46. The van der Waals surface area contributed by atoms with Gasteiger partial charge in [0.2, 0.25) is 0 Å². The number of fused-ring (bicyclic) bond motifs is 1. The van der Waals surface area contributed by atoms with Crippen molar-refractivity contribution in [2.24, 2.45) is 0 Å². The van der Waals surface area contributed by atoms with E-state index < -0.39 is 0 Å². The van der Waals surface area contributed by atoms with Crippen LogP contribution in [0.1, 0.15) is 5.56 Å². The molecule has 0 saturated heterocycles. The van der Waals surface area contributed by atoms with Gasteiger partial charge in [0.1, 0.15) is 6.07 Å². The van der Waals surface area contributed by atoms with Crippen molar-refractivity contribution in [3.63, 3.8) is 0 Å². The van der Waals surface area contributed by atoms with Gasteiger partial charge in [-0.3, -0.25) is 0 Å². The molecule has 4 heteroatoms. The monoisotopic (exact) mass is 271 g/mol. The molecule has 2 aromatic rings. The molecule has 0 N–H and O–H groups in total. The molecule has 0 aliphatic carbocycles. The largest absolute Gasteiger partial charge is 0.192 e. The smallest absolute Gasteiger partial charge is 0.101 e. The minimum Gasteiger partial charge on any atom is -0.192 e. The first-order valence-electron chi connectivity index (χ1n) is 3.50. The maximum Gasteiger partial charge on any atom is 0.101 e. The average molecular weight is 273 g/mol. The number of nitrogens with zero attached hydrogens (tertiary/aromatic N) is 1. The zero-order valence-corrected chi connectivity index (χ0v) is 9.50. The number of benzene rings is 1. The summed E-state index contributed by atoms with van der Waals surface area (Å²) in [6, 6.07) is 7.57. The molecular formula is C9H3BrClNS. The summed E-state index contributed by atoms with van der Waals surface area (Å²) in [5.41, 5.74) is 0.676. The van der Waals surface area contributed by atoms with Crippen LogP contribution < -0.4 is 0 Å². The highest BCUT2D eigenvalue weighted by Gasteiger charge is 2.07. The lowest BCUT2D eigenvalue weighted by Crippen LogP contribution is -1.73. The minimum atomic E-state index is 0.676. The van der Waals surface area contributed by atoms with Crippen molar-refractivity contribution in [1.82, 2.24) is 0 Å². The van der Waals surface area contributed by atoms with Crippen LogP contribution in [0.2, 0.25) is 5.02 Å². The summed E-state index contributed by atoms with van der Waals surface area (Å²) in [5, 5.41) is 10.5. The van der Waals surface area contributed by atoms with E-state index in [-0.39, 0.29) is 0 Å². The molecule has 1 nitrogen and oxygen atoms in total. The number of halogens is 2. The summed E-state index contributed by atoms with van der Waals surface area (Å²) in [6.07, 6.45) is 0. The Morgan fingerprint density at radius 3 is 2.92 bits per heavy atom. The van der Waals surface area contributed by atoms with Crippen molar-refractivity contribution in [3.05, 3.63) is 32.6 Å². The predicted octanol–water partition coefficient (Wildman–Crippen LogP) is 4.19. The van der Waals surface area contributed by atoms with Crippen LogP contribution in [0.5, 0.6) is 0 Å². The zero-order valence-electron chi connectivity index (χ0n) is 6.34. The van der Waals surface area contributed by atoms with Crippen molar-refractivity contribution in [2.75, 3.05) is 0 Å². The minimum absolute atomic E-state index is 0.676. The summed E-state index contributed by atoms with van der Waals surface area (Å²) in [4.78, 5) is 0. The molecule has 0 spiro atoms. The maximum absolute atomic E-state index is 8.83. The van der Waals surface area contributed by atoms with Crippen molar-refractivity contribution in [1.29, 1.82) is 5.26 Å². The molecule has 0 amide bonds. The van der Waals surface area contributed by atoms with E-state index in [4.69, 9.17) is 16.9 Å². The molecule has 1 heterocycles. The summed E-state index contributed by atoms with van der Waals surface area (Å²) in [7, 11) is 0. The molecule has 0 saturated carbocycles. The first-order chi connectivity index (χ1) is 6.22. The lowest BCUT2D eigenvalue weighted by Gasteiger charge is -1.94. The van der Waals surface area contributed by atoms with Gasteiger partial charge in [0.15, 0.2) is 0 Å². The van der Waals surface area contributed by atoms with E-state index in [0.717, 1.165) is 13.9 Å². The van der Waals surface area contributed by atoms with Gasteiger partial charge in [-0.25, -0.2) is 0 Å². The number of hydrogen-bond donors (Lipinski definition) is 0. The molecule has 0 atom stereocenters. The SMILES string of the molecule is N#Cc1ccc(Cl)c2cc(Br)sc12. The van der Waals surface area contributed by atoms with Gasteiger partial charge >= 0.3 is 0 Å². The molecule has 0 unspecified atom stereocenters. The number of hydrogen-bond acceptors (Lipinski definition) is 2. The molecule has 0 fully saturated rings. The third-order valence-corrected chi connectivity index (χ3v) is 3.72. The lowest BCUT2D eigenvalue weighted by atomic mass is 10.2. The second-order valence-corrected chi connectivity index (χ2v) is 5.34. The van der Waals surface area contributed by atoms with E-state index in [2.05, 4.69) is 22.0 Å². The first-order valence-corrected chi connectivity index (χ1v) is 5.49. The Hall–Kier alpha value is -0.560. The Bertz CT molecular complexity index is 512. The molecule has 64 valence electrons. The van der Waals surface area contributed by atoms with Crippen molar-refractivity contribution in [3.8, 4) is 6.07 Å². The van der Waals surface area contributed by atoms with Crippen molar-refractivity contribution in [2.45, 2.75) is 0 Å². The molecule has 1 aromatic carbocycles. The highest BCUT2D eigenvalue weighted by molar-refractivity contribution is 9.11. The summed E-state index contributed by atoms with van der Waals surface area (Å²) < 4.78 is 1.94. The standard InChI is InChI=1S/C9H3BrClNS/c10-8-3-6-7(11)2-1-5(4-12)9(6)13-8/h1-3H. The Labute approximate surface area is 92.7 Å². The predicted molar refractivity (Wildman–Crippen MR) is 59.2 cm³/mol. The Morgan fingerprint density at radius 1 is 1.46 bits per heavy atom. The molecule has 2 rings (SSSR count). The van der Waals surface area contributed by atoms with Gasteiger partial charge in [0.25, 0.3) is 0 Å². The highest BCUT2D eigenvalue weighted by atomic mass is 79.9. The van der Waals surface area contributed by atoms with E-state index in [1.807, 2.05) is 6.07 Å². The van der Waals surface area contributed by atoms with Crippen LogP contribution in [0.15, 0.2) is 22.0 Å². The lowest BCUT2D eigenvalue weighted by molar-refractivity contribution is 1.51. The van der Waals surface area contributed by atoms with Crippen molar-refractivity contribution < 1.29 is 0 Å².